The van der Waals surface area contributed by atoms with E-state index in [9.17, 15) is 4.79 Å². The van der Waals surface area contributed by atoms with Crippen LogP contribution in [-0.4, -0.2) is 28.6 Å². The summed E-state index contributed by atoms with van der Waals surface area (Å²) in [5, 5.41) is 8.64. The molecule has 1 aliphatic rings. The molecule has 0 bridgehead atoms. The lowest BCUT2D eigenvalue weighted by atomic mass is 10.1. The zero-order chi connectivity index (χ0) is 15.2. The molecule has 0 unspecified atom stereocenters. The summed E-state index contributed by atoms with van der Waals surface area (Å²) in [5.74, 6) is 0.661. The minimum absolute atomic E-state index is 0.596. The molecule has 0 aliphatic heterocycles. The van der Waals surface area contributed by atoms with Crippen LogP contribution in [0.25, 0.3) is 6.08 Å². The van der Waals surface area contributed by atoms with E-state index in [1.54, 1.807) is 12.3 Å². The van der Waals surface area contributed by atoms with Crippen molar-refractivity contribution in [3.8, 4) is 0 Å². The fraction of sp³-hybridized carbons (Fsp3) is 0.529. The SMILES string of the molecule is CC(C)CN(c1ccc(/C=C/C(=O)O)cn1)C1CCCC1. The first-order chi connectivity index (χ1) is 10.1. The van der Waals surface area contributed by atoms with Crippen LogP contribution in [0, 0.1) is 5.92 Å². The molecule has 0 saturated heterocycles. The second-order valence-corrected chi connectivity index (χ2v) is 6.11. The minimum Gasteiger partial charge on any atom is -0.478 e. The van der Waals surface area contributed by atoms with E-state index in [1.165, 1.54) is 25.7 Å². The summed E-state index contributed by atoms with van der Waals surface area (Å²) >= 11 is 0. The highest BCUT2D eigenvalue weighted by Crippen LogP contribution is 2.28. The maximum absolute atomic E-state index is 10.5. The van der Waals surface area contributed by atoms with Crippen molar-refractivity contribution >= 4 is 17.9 Å². The van der Waals surface area contributed by atoms with E-state index < -0.39 is 5.97 Å². The Morgan fingerprint density at radius 3 is 2.67 bits per heavy atom. The summed E-state index contributed by atoms with van der Waals surface area (Å²) in [7, 11) is 0. The van der Waals surface area contributed by atoms with Gasteiger partial charge in [-0.3, -0.25) is 0 Å². The molecule has 0 atom stereocenters. The van der Waals surface area contributed by atoms with Crippen molar-refractivity contribution in [1.29, 1.82) is 0 Å². The van der Waals surface area contributed by atoms with Crippen LogP contribution < -0.4 is 4.90 Å². The molecule has 0 spiro atoms. The highest BCUT2D eigenvalue weighted by atomic mass is 16.4. The second-order valence-electron chi connectivity index (χ2n) is 6.11. The third kappa shape index (κ3) is 4.59. The number of rotatable bonds is 6. The Morgan fingerprint density at radius 1 is 1.43 bits per heavy atom. The predicted molar refractivity (Wildman–Crippen MR) is 85.3 cm³/mol. The van der Waals surface area contributed by atoms with Crippen molar-refractivity contribution < 1.29 is 9.90 Å². The van der Waals surface area contributed by atoms with Crippen LogP contribution in [0.3, 0.4) is 0 Å². The molecule has 1 aliphatic carbocycles. The average molecular weight is 288 g/mol. The summed E-state index contributed by atoms with van der Waals surface area (Å²) in [6.07, 6.45) is 9.56. The van der Waals surface area contributed by atoms with Crippen LogP contribution in [0.4, 0.5) is 5.82 Å². The molecule has 114 valence electrons. The zero-order valence-electron chi connectivity index (χ0n) is 12.8. The molecule has 2 rings (SSSR count). The molecule has 4 heteroatoms. The van der Waals surface area contributed by atoms with Crippen LogP contribution in [0.1, 0.15) is 45.1 Å². The molecule has 0 amide bonds. The number of anilines is 1. The first-order valence-corrected chi connectivity index (χ1v) is 7.70. The van der Waals surface area contributed by atoms with Gasteiger partial charge in [0.1, 0.15) is 5.82 Å². The lowest BCUT2D eigenvalue weighted by Gasteiger charge is -2.31. The van der Waals surface area contributed by atoms with Gasteiger partial charge in [0.05, 0.1) is 0 Å². The number of carboxylic acids is 1. The van der Waals surface area contributed by atoms with E-state index in [-0.39, 0.29) is 0 Å². The number of hydrogen-bond acceptors (Lipinski definition) is 3. The van der Waals surface area contributed by atoms with E-state index in [0.717, 1.165) is 24.0 Å². The smallest absolute Gasteiger partial charge is 0.328 e. The molecule has 1 fully saturated rings. The Hall–Kier alpha value is -1.84. The van der Waals surface area contributed by atoms with Gasteiger partial charge in [-0.2, -0.15) is 0 Å². The van der Waals surface area contributed by atoms with Gasteiger partial charge in [-0.1, -0.05) is 26.7 Å². The van der Waals surface area contributed by atoms with Gasteiger partial charge in [0, 0.05) is 24.9 Å². The van der Waals surface area contributed by atoms with Gasteiger partial charge in [-0.05, 0) is 42.5 Å². The first-order valence-electron chi connectivity index (χ1n) is 7.70. The molecular formula is C17H24N2O2. The molecule has 1 saturated carbocycles. The van der Waals surface area contributed by atoms with E-state index in [2.05, 4.69) is 23.7 Å². The Balaban J connectivity index is 2.13. The fourth-order valence-electron chi connectivity index (χ4n) is 2.87. The molecule has 1 aromatic heterocycles. The Bertz CT molecular complexity index is 488. The van der Waals surface area contributed by atoms with Gasteiger partial charge in [0.25, 0.3) is 0 Å². The maximum Gasteiger partial charge on any atom is 0.328 e. The summed E-state index contributed by atoms with van der Waals surface area (Å²) in [5.41, 5.74) is 0.817. The van der Waals surface area contributed by atoms with Crippen LogP contribution in [0.5, 0.6) is 0 Å². The Morgan fingerprint density at radius 2 is 2.14 bits per heavy atom. The molecule has 1 aromatic rings. The number of aromatic nitrogens is 1. The topological polar surface area (TPSA) is 53.4 Å². The van der Waals surface area contributed by atoms with Gasteiger partial charge in [0.15, 0.2) is 0 Å². The van der Waals surface area contributed by atoms with Crippen LogP contribution in [-0.2, 0) is 4.79 Å². The Labute approximate surface area is 126 Å². The summed E-state index contributed by atoms with van der Waals surface area (Å²) in [6.45, 7) is 5.47. The van der Waals surface area contributed by atoms with Gasteiger partial charge >= 0.3 is 5.97 Å². The quantitative estimate of drug-likeness (QED) is 0.813. The second kappa shape index (κ2) is 7.25. The number of carbonyl (C=O) groups is 1. The van der Waals surface area contributed by atoms with Crippen molar-refractivity contribution in [1.82, 2.24) is 4.98 Å². The number of hydrogen-bond donors (Lipinski definition) is 1. The molecule has 21 heavy (non-hydrogen) atoms. The van der Waals surface area contributed by atoms with Crippen LogP contribution in [0.2, 0.25) is 0 Å². The standard InChI is InChI=1S/C17H24N2O2/c1-13(2)12-19(15-5-3-4-6-15)16-9-7-14(11-18-16)8-10-17(20)21/h7-11,13,15H,3-6,12H2,1-2H3,(H,20,21)/b10-8+. The first kappa shape index (κ1) is 15.5. The predicted octanol–water partition coefficient (Wildman–Crippen LogP) is 3.58. The van der Waals surface area contributed by atoms with Crippen molar-refractivity contribution in [2.45, 2.75) is 45.6 Å². The van der Waals surface area contributed by atoms with Crippen LogP contribution >= 0.6 is 0 Å². The van der Waals surface area contributed by atoms with E-state index in [0.29, 0.717) is 12.0 Å². The number of aliphatic carboxylic acids is 1. The third-order valence-corrected chi connectivity index (χ3v) is 3.81. The van der Waals surface area contributed by atoms with Crippen LogP contribution in [0.15, 0.2) is 24.4 Å². The summed E-state index contributed by atoms with van der Waals surface area (Å²) in [4.78, 5) is 17.5. The van der Waals surface area contributed by atoms with Crippen molar-refractivity contribution in [3.63, 3.8) is 0 Å². The normalized spacial score (nSPS) is 16.0. The average Bonchev–Trinajstić information content (AvgIpc) is 2.97. The third-order valence-electron chi connectivity index (χ3n) is 3.81. The van der Waals surface area contributed by atoms with E-state index >= 15 is 0 Å². The van der Waals surface area contributed by atoms with Crippen molar-refractivity contribution in [2.24, 2.45) is 5.92 Å². The molecule has 0 radical (unpaired) electrons. The highest BCUT2D eigenvalue weighted by molar-refractivity contribution is 5.85. The van der Waals surface area contributed by atoms with Crippen molar-refractivity contribution in [3.05, 3.63) is 30.0 Å². The summed E-state index contributed by atoms with van der Waals surface area (Å²) in [6, 6.07) is 4.53. The number of nitrogens with zero attached hydrogens (tertiary/aromatic N) is 2. The molecule has 4 nitrogen and oxygen atoms in total. The lowest BCUT2D eigenvalue weighted by Crippen LogP contribution is -2.36. The monoisotopic (exact) mass is 288 g/mol. The van der Waals surface area contributed by atoms with Crippen molar-refractivity contribution in [2.75, 3.05) is 11.4 Å². The lowest BCUT2D eigenvalue weighted by molar-refractivity contribution is -0.131. The maximum atomic E-state index is 10.5. The molecule has 1 N–H and O–H groups in total. The highest BCUT2D eigenvalue weighted by Gasteiger charge is 2.24. The van der Waals surface area contributed by atoms with E-state index in [4.69, 9.17) is 5.11 Å². The van der Waals surface area contributed by atoms with Gasteiger partial charge in [-0.15, -0.1) is 0 Å². The number of carboxylic acid groups (broad SMARTS) is 1. The number of pyridine rings is 1. The molecule has 0 aromatic carbocycles. The van der Waals surface area contributed by atoms with Gasteiger partial charge < -0.3 is 10.0 Å². The zero-order valence-corrected chi connectivity index (χ0v) is 12.8. The largest absolute Gasteiger partial charge is 0.478 e. The Kier molecular flexibility index (Phi) is 5.37. The van der Waals surface area contributed by atoms with Gasteiger partial charge in [-0.25, -0.2) is 9.78 Å². The molecule has 1 heterocycles. The molecular weight excluding hydrogens is 264 g/mol. The van der Waals surface area contributed by atoms with Gasteiger partial charge in [0.2, 0.25) is 0 Å². The minimum atomic E-state index is -0.938. The summed E-state index contributed by atoms with van der Waals surface area (Å²) < 4.78 is 0. The fourth-order valence-corrected chi connectivity index (χ4v) is 2.87. The van der Waals surface area contributed by atoms with E-state index in [1.807, 2.05) is 12.1 Å².